The largest absolute Gasteiger partial charge is 0.496 e. The Bertz CT molecular complexity index is 1450. The number of aryl methyl sites for hydroxylation is 1. The van der Waals surface area contributed by atoms with E-state index < -0.39 is 18.0 Å². The van der Waals surface area contributed by atoms with E-state index in [0.717, 1.165) is 36.0 Å². The molecule has 0 bridgehead atoms. The van der Waals surface area contributed by atoms with Crippen LogP contribution in [0, 0.1) is 11.7 Å². The number of halogens is 1. The van der Waals surface area contributed by atoms with Gasteiger partial charge in [-0.2, -0.15) is 0 Å². The molecule has 40 heavy (non-hydrogen) atoms. The lowest BCUT2D eigenvalue weighted by Gasteiger charge is -2.34. The van der Waals surface area contributed by atoms with Crippen LogP contribution in [0.5, 0.6) is 11.5 Å². The van der Waals surface area contributed by atoms with Gasteiger partial charge in [-0.3, -0.25) is 9.69 Å². The van der Waals surface area contributed by atoms with Crippen LogP contribution in [-0.4, -0.2) is 53.9 Å². The molecule has 1 N–H and O–H groups in total. The average Bonchev–Trinajstić information content (AvgIpc) is 3.36. The van der Waals surface area contributed by atoms with Crippen molar-refractivity contribution < 1.29 is 33.3 Å². The first-order chi connectivity index (χ1) is 19.2. The van der Waals surface area contributed by atoms with Gasteiger partial charge in [0.1, 0.15) is 23.5 Å². The minimum Gasteiger partial charge on any atom is -0.496 e. The summed E-state index contributed by atoms with van der Waals surface area (Å²) < 4.78 is 32.8. The molecule has 1 saturated carbocycles. The van der Waals surface area contributed by atoms with Gasteiger partial charge in [0.15, 0.2) is 11.6 Å². The number of carbonyl (C=O) groups excluding carboxylic acids is 2. The number of hydrogen-bond donors (Lipinski definition) is 1. The zero-order valence-corrected chi connectivity index (χ0v) is 23.6. The maximum atomic E-state index is 14.9. The number of carbonyl (C=O) groups is 2. The highest BCUT2D eigenvalue weighted by molar-refractivity contribution is 5.95. The molecule has 214 valence electrons. The molecule has 1 aromatic heterocycles. The smallest absolute Gasteiger partial charge is 0.414 e. The number of hydrogen-bond acceptors (Lipinski definition) is 7. The molecule has 5 rings (SSSR count). The Balaban J connectivity index is 1.75. The second-order valence-corrected chi connectivity index (χ2v) is 10.7. The van der Waals surface area contributed by atoms with E-state index >= 15 is 0 Å². The number of amides is 1. The molecule has 1 fully saturated rings. The van der Waals surface area contributed by atoms with Gasteiger partial charge in [0, 0.05) is 23.6 Å². The summed E-state index contributed by atoms with van der Waals surface area (Å²) in [4.78, 5) is 31.7. The number of Topliss-reactive ketones (excluding diaryl/α,β-unsaturated/α-hetero) is 1. The van der Waals surface area contributed by atoms with E-state index in [4.69, 9.17) is 19.2 Å². The van der Waals surface area contributed by atoms with Gasteiger partial charge in [-0.15, -0.1) is 0 Å². The van der Waals surface area contributed by atoms with Crippen LogP contribution in [0.3, 0.4) is 0 Å². The van der Waals surface area contributed by atoms with Crippen molar-refractivity contribution in [3.63, 3.8) is 0 Å². The van der Waals surface area contributed by atoms with E-state index in [0.29, 0.717) is 30.6 Å². The summed E-state index contributed by atoms with van der Waals surface area (Å²) >= 11 is 0. The molecule has 2 heterocycles. The molecular weight excluding hydrogens is 517 g/mol. The minimum atomic E-state index is -1.39. The predicted molar refractivity (Wildman–Crippen MR) is 148 cm³/mol. The highest BCUT2D eigenvalue weighted by Crippen LogP contribution is 2.45. The number of ether oxygens (including phenoxy) is 3. The third-order valence-corrected chi connectivity index (χ3v) is 8.49. The van der Waals surface area contributed by atoms with Gasteiger partial charge in [-0.25, -0.2) is 14.2 Å². The monoisotopic (exact) mass is 553 g/mol. The summed E-state index contributed by atoms with van der Waals surface area (Å²) in [5.74, 6) is -0.124. The number of ketones is 1. The van der Waals surface area contributed by atoms with E-state index in [2.05, 4.69) is 0 Å². The summed E-state index contributed by atoms with van der Waals surface area (Å²) in [7, 11) is 4.15. The zero-order chi connectivity index (χ0) is 28.7. The molecule has 2 aliphatic rings. The van der Waals surface area contributed by atoms with Crippen LogP contribution in [0.2, 0.25) is 0 Å². The summed E-state index contributed by atoms with van der Waals surface area (Å²) in [5, 5.41) is 11.9. The van der Waals surface area contributed by atoms with Crippen LogP contribution in [0.25, 0.3) is 11.0 Å². The van der Waals surface area contributed by atoms with Crippen molar-refractivity contribution >= 4 is 28.6 Å². The fourth-order valence-corrected chi connectivity index (χ4v) is 6.47. The fraction of sp³-hybridized carbons (Fsp3) is 0.500. The lowest BCUT2D eigenvalue weighted by atomic mass is 9.83. The van der Waals surface area contributed by atoms with E-state index in [9.17, 15) is 19.1 Å². The van der Waals surface area contributed by atoms with Crippen LogP contribution in [-0.2, 0) is 16.0 Å². The first-order valence-electron chi connectivity index (χ1n) is 13.7. The number of methoxy groups -OCH3 is 3. The second-order valence-electron chi connectivity index (χ2n) is 10.7. The maximum Gasteiger partial charge on any atom is 0.414 e. The van der Waals surface area contributed by atoms with E-state index in [1.807, 2.05) is 23.6 Å². The maximum absolute atomic E-state index is 14.9. The Morgan fingerprint density at radius 3 is 2.55 bits per heavy atom. The molecule has 1 amide bonds. The lowest BCUT2D eigenvalue weighted by Crippen LogP contribution is -2.42. The molecule has 1 aliphatic carbocycles. The van der Waals surface area contributed by atoms with E-state index in [1.54, 1.807) is 11.8 Å². The van der Waals surface area contributed by atoms with Gasteiger partial charge in [-0.1, -0.05) is 6.42 Å². The molecular formula is C30H36FN3O6. The zero-order valence-electron chi connectivity index (χ0n) is 23.6. The lowest BCUT2D eigenvalue weighted by molar-refractivity contribution is -0.122. The van der Waals surface area contributed by atoms with Crippen LogP contribution in [0.15, 0.2) is 24.3 Å². The summed E-state index contributed by atoms with van der Waals surface area (Å²) in [6.45, 7) is 3.60. The van der Waals surface area contributed by atoms with Crippen molar-refractivity contribution in [1.29, 1.82) is 0 Å². The van der Waals surface area contributed by atoms with E-state index in [1.165, 1.54) is 33.5 Å². The van der Waals surface area contributed by atoms with Gasteiger partial charge in [0.25, 0.3) is 0 Å². The first kappa shape index (κ1) is 27.9. The topological polar surface area (TPSA) is 103 Å². The van der Waals surface area contributed by atoms with E-state index in [-0.39, 0.29) is 40.8 Å². The number of anilines is 1. The third kappa shape index (κ3) is 4.58. The Morgan fingerprint density at radius 2 is 1.88 bits per heavy atom. The van der Waals surface area contributed by atoms with Crippen molar-refractivity contribution in [2.45, 2.75) is 70.6 Å². The standard InChI is InChI=1S/C30H36FN3O6/c1-16-9-10-20-22(33(16)30(37)40-5)12-13-23-26(20)32-29(34(23)19-8-6-7-18(15-19)17(2)35)27(36)25-24(38-3)14-11-21(31)28(25)39-4/h11-14,16,18-19,27,36H,6-10,15H2,1-5H3/t16-,18+,19+,27+/m0/s1. The highest BCUT2D eigenvalue weighted by Gasteiger charge is 2.36. The molecule has 0 spiro atoms. The SMILES string of the molecule is COC(=O)N1c2ccc3c(nc([C@H](O)c4c(OC)ccc(F)c4OC)n3[C@@H]3CCC[C@@H](C(C)=O)C3)c2CC[C@@H]1C. The van der Waals surface area contributed by atoms with Gasteiger partial charge in [-0.05, 0) is 70.2 Å². The number of aliphatic hydroxyl groups is 1. The number of imidazole rings is 1. The summed E-state index contributed by atoms with van der Waals surface area (Å²) in [6, 6.07) is 6.32. The molecule has 0 unspecified atom stereocenters. The first-order valence-corrected chi connectivity index (χ1v) is 13.7. The van der Waals surface area contributed by atoms with Crippen molar-refractivity contribution in [3.05, 3.63) is 47.0 Å². The predicted octanol–water partition coefficient (Wildman–Crippen LogP) is 5.50. The fourth-order valence-electron chi connectivity index (χ4n) is 6.47. The number of benzene rings is 2. The van der Waals surface area contributed by atoms with Crippen LogP contribution in [0.1, 0.15) is 75.0 Å². The molecule has 4 atom stereocenters. The molecule has 2 aromatic carbocycles. The van der Waals surface area contributed by atoms with Crippen molar-refractivity contribution in [3.8, 4) is 11.5 Å². The van der Waals surface area contributed by atoms with Gasteiger partial charge >= 0.3 is 6.09 Å². The number of fused-ring (bicyclic) bond motifs is 3. The van der Waals surface area contributed by atoms with Crippen molar-refractivity contribution in [2.24, 2.45) is 5.92 Å². The normalized spacial score (nSPS) is 21.6. The van der Waals surface area contributed by atoms with Gasteiger partial charge < -0.3 is 23.9 Å². The number of aromatic nitrogens is 2. The van der Waals surface area contributed by atoms with Crippen molar-refractivity contribution in [2.75, 3.05) is 26.2 Å². The summed E-state index contributed by atoms with van der Waals surface area (Å²) in [6.07, 6.45) is 2.65. The molecule has 1 aliphatic heterocycles. The van der Waals surface area contributed by atoms with Crippen molar-refractivity contribution in [1.82, 2.24) is 9.55 Å². The number of aliphatic hydroxyl groups excluding tert-OH is 1. The summed E-state index contributed by atoms with van der Waals surface area (Å²) in [5.41, 5.74) is 3.18. The molecule has 3 aromatic rings. The van der Waals surface area contributed by atoms with Gasteiger partial charge in [0.2, 0.25) is 0 Å². The molecule has 10 heteroatoms. The quantitative estimate of drug-likeness (QED) is 0.430. The number of nitrogens with zero attached hydrogens (tertiary/aromatic N) is 3. The third-order valence-electron chi connectivity index (χ3n) is 8.49. The van der Waals surface area contributed by atoms with Crippen LogP contribution in [0.4, 0.5) is 14.9 Å². The minimum absolute atomic E-state index is 0.0555. The molecule has 0 saturated heterocycles. The Morgan fingerprint density at radius 1 is 1.10 bits per heavy atom. The number of rotatable bonds is 6. The Labute approximate surface area is 232 Å². The highest BCUT2D eigenvalue weighted by atomic mass is 19.1. The molecule has 9 nitrogen and oxygen atoms in total. The average molecular weight is 554 g/mol. The van der Waals surface area contributed by atoms with Crippen LogP contribution >= 0.6 is 0 Å². The Kier molecular flexibility index (Phi) is 7.72. The molecule has 0 radical (unpaired) electrons. The second kappa shape index (κ2) is 11.1. The Hall–Kier alpha value is -3.66. The van der Waals surface area contributed by atoms with Gasteiger partial charge in [0.05, 0.1) is 43.6 Å². The van der Waals surface area contributed by atoms with Crippen LogP contribution < -0.4 is 14.4 Å².